The van der Waals surface area contributed by atoms with Gasteiger partial charge in [0, 0.05) is 12.1 Å². The first-order chi connectivity index (χ1) is 16.3. The number of benzene rings is 4. The van der Waals surface area contributed by atoms with Crippen LogP contribution in [0.15, 0.2) is 121 Å². The Morgan fingerprint density at radius 3 is 1.70 bits per heavy atom. The van der Waals surface area contributed by atoms with Gasteiger partial charge in [0.1, 0.15) is 6.04 Å². The van der Waals surface area contributed by atoms with Gasteiger partial charge in [0.2, 0.25) is 5.60 Å². The van der Waals surface area contributed by atoms with Crippen molar-refractivity contribution in [1.29, 1.82) is 0 Å². The summed E-state index contributed by atoms with van der Waals surface area (Å²) in [6.07, 6.45) is 0.577. The summed E-state index contributed by atoms with van der Waals surface area (Å²) < 4.78 is 0. The van der Waals surface area contributed by atoms with Gasteiger partial charge in [0.05, 0.1) is 11.7 Å². The van der Waals surface area contributed by atoms with E-state index in [1.807, 2.05) is 107 Å². The van der Waals surface area contributed by atoms with Gasteiger partial charge in [-0.3, -0.25) is 14.5 Å². The monoisotopic (exact) mass is 432 g/mol. The topological polar surface area (TPSA) is 32.8 Å². The van der Waals surface area contributed by atoms with Crippen molar-refractivity contribution in [2.24, 2.45) is 0 Å². The molecule has 162 valence electrons. The summed E-state index contributed by atoms with van der Waals surface area (Å²) in [7, 11) is 0. The van der Waals surface area contributed by atoms with E-state index in [9.17, 15) is 4.79 Å². The number of hydrogen-bond donors (Lipinski definition) is 0. The first kappa shape index (κ1) is 19.8. The summed E-state index contributed by atoms with van der Waals surface area (Å²) >= 11 is 0. The van der Waals surface area contributed by atoms with Crippen LogP contribution < -0.4 is 9.96 Å². The lowest BCUT2D eigenvalue weighted by Gasteiger charge is -2.53. The van der Waals surface area contributed by atoms with Crippen LogP contribution in [-0.2, 0) is 9.63 Å². The van der Waals surface area contributed by atoms with Crippen LogP contribution in [0.1, 0.15) is 29.6 Å². The molecule has 0 saturated carbocycles. The minimum atomic E-state index is -0.965. The van der Waals surface area contributed by atoms with E-state index in [0.717, 1.165) is 22.5 Å². The lowest BCUT2D eigenvalue weighted by Crippen LogP contribution is -2.69. The van der Waals surface area contributed by atoms with E-state index in [1.54, 1.807) is 0 Å². The average Bonchev–Trinajstić information content (AvgIpc) is 3.32. The standard InChI is InChI=1S/C29H24N2O2/c32-28-29(27(23-15-7-2-8-16-23)30(28)24-17-9-3-10-18-24)21-26(22-13-5-1-6-14-22)31(33-29)25-19-11-4-12-20-25/h1-20,26-27H,21H2/t26-,27-,29-/m0/s1. The van der Waals surface area contributed by atoms with Gasteiger partial charge in [0.15, 0.2) is 0 Å². The summed E-state index contributed by atoms with van der Waals surface area (Å²) in [4.78, 5) is 22.5. The number of carbonyl (C=O) groups excluding carboxylic acids is 1. The molecule has 4 aromatic carbocycles. The minimum Gasteiger partial charge on any atom is -0.299 e. The zero-order valence-corrected chi connectivity index (χ0v) is 18.1. The number of para-hydroxylation sites is 2. The molecule has 33 heavy (non-hydrogen) atoms. The van der Waals surface area contributed by atoms with Gasteiger partial charge in [0.25, 0.3) is 5.91 Å². The maximum atomic E-state index is 13.9. The van der Waals surface area contributed by atoms with Gasteiger partial charge in [-0.15, -0.1) is 0 Å². The predicted molar refractivity (Wildman–Crippen MR) is 130 cm³/mol. The molecule has 0 N–H and O–H groups in total. The fourth-order valence-corrected chi connectivity index (χ4v) is 5.16. The van der Waals surface area contributed by atoms with Crippen LogP contribution in [0.5, 0.6) is 0 Å². The predicted octanol–water partition coefficient (Wildman–Crippen LogP) is 6.10. The van der Waals surface area contributed by atoms with Crippen molar-refractivity contribution in [1.82, 2.24) is 0 Å². The van der Waals surface area contributed by atoms with E-state index in [-0.39, 0.29) is 18.0 Å². The average molecular weight is 433 g/mol. The Bertz CT molecular complexity index is 1200. The molecule has 0 aliphatic carbocycles. The molecule has 2 aliphatic heterocycles. The highest BCUT2D eigenvalue weighted by molar-refractivity contribution is 6.09. The van der Waals surface area contributed by atoms with Crippen molar-refractivity contribution < 1.29 is 9.63 Å². The van der Waals surface area contributed by atoms with Gasteiger partial charge in [-0.05, 0) is 35.4 Å². The number of carbonyl (C=O) groups is 1. The van der Waals surface area contributed by atoms with Gasteiger partial charge >= 0.3 is 0 Å². The van der Waals surface area contributed by atoms with Gasteiger partial charge in [-0.1, -0.05) is 97.1 Å². The highest BCUT2D eigenvalue weighted by atomic mass is 16.7. The summed E-state index contributed by atoms with van der Waals surface area (Å²) in [5, 5.41) is 1.94. The van der Waals surface area contributed by atoms with E-state index in [4.69, 9.17) is 4.84 Å². The molecule has 1 amide bonds. The van der Waals surface area contributed by atoms with E-state index < -0.39 is 5.60 Å². The highest BCUT2D eigenvalue weighted by Crippen LogP contribution is 2.57. The first-order valence-corrected chi connectivity index (χ1v) is 11.3. The third-order valence-electron chi connectivity index (χ3n) is 6.67. The fourth-order valence-electron chi connectivity index (χ4n) is 5.16. The Labute approximate surface area is 193 Å². The molecular formula is C29H24N2O2. The van der Waals surface area contributed by atoms with Crippen molar-refractivity contribution in [2.75, 3.05) is 9.96 Å². The lowest BCUT2D eigenvalue weighted by molar-refractivity contribution is -0.158. The molecular weight excluding hydrogens is 408 g/mol. The van der Waals surface area contributed by atoms with Crippen LogP contribution in [0.3, 0.4) is 0 Å². The minimum absolute atomic E-state index is 0.00177. The Balaban J connectivity index is 1.47. The number of anilines is 2. The van der Waals surface area contributed by atoms with Crippen LogP contribution in [0.25, 0.3) is 0 Å². The molecule has 2 fully saturated rings. The van der Waals surface area contributed by atoms with E-state index >= 15 is 0 Å². The maximum absolute atomic E-state index is 13.9. The number of amides is 1. The maximum Gasteiger partial charge on any atom is 0.265 e. The molecule has 4 nitrogen and oxygen atoms in total. The van der Waals surface area contributed by atoms with E-state index in [0.29, 0.717) is 6.42 Å². The molecule has 4 aromatic rings. The summed E-state index contributed by atoms with van der Waals surface area (Å²) in [6, 6.07) is 40.2. The molecule has 2 aliphatic rings. The second kappa shape index (κ2) is 7.91. The lowest BCUT2D eigenvalue weighted by atomic mass is 9.73. The van der Waals surface area contributed by atoms with Crippen molar-refractivity contribution in [2.45, 2.75) is 24.1 Å². The highest BCUT2D eigenvalue weighted by Gasteiger charge is 2.68. The van der Waals surface area contributed by atoms with Crippen LogP contribution in [0.4, 0.5) is 11.4 Å². The first-order valence-electron chi connectivity index (χ1n) is 11.3. The number of β-lactam (4-membered cyclic amide) rings is 1. The Hall–Kier alpha value is -3.89. The van der Waals surface area contributed by atoms with Gasteiger partial charge in [-0.2, -0.15) is 0 Å². The molecule has 2 heterocycles. The zero-order valence-electron chi connectivity index (χ0n) is 18.1. The SMILES string of the molecule is O=C1N(c2ccccc2)[C@@H](c2ccccc2)[C@@]12C[C@@H](c1ccccc1)N(c1ccccc1)O2. The zero-order chi connectivity index (χ0) is 22.3. The Kier molecular flexibility index (Phi) is 4.74. The molecule has 0 bridgehead atoms. The van der Waals surface area contributed by atoms with Crippen LogP contribution in [-0.4, -0.2) is 11.5 Å². The van der Waals surface area contributed by atoms with E-state index in [1.165, 1.54) is 0 Å². The van der Waals surface area contributed by atoms with Crippen molar-refractivity contribution in [3.8, 4) is 0 Å². The van der Waals surface area contributed by atoms with E-state index in [2.05, 4.69) is 24.3 Å². The summed E-state index contributed by atoms with van der Waals surface area (Å²) in [6.45, 7) is 0. The Morgan fingerprint density at radius 2 is 1.12 bits per heavy atom. The number of rotatable bonds is 4. The third kappa shape index (κ3) is 3.14. The van der Waals surface area contributed by atoms with Crippen molar-refractivity contribution in [3.63, 3.8) is 0 Å². The van der Waals surface area contributed by atoms with Gasteiger partial charge < -0.3 is 0 Å². The van der Waals surface area contributed by atoms with Crippen molar-refractivity contribution in [3.05, 3.63) is 132 Å². The molecule has 0 unspecified atom stereocenters. The molecule has 0 radical (unpaired) electrons. The second-order valence-corrected chi connectivity index (χ2v) is 8.60. The molecule has 4 heteroatoms. The largest absolute Gasteiger partial charge is 0.299 e. The number of hydroxylamine groups is 1. The summed E-state index contributed by atoms with van der Waals surface area (Å²) in [5.41, 5.74) is 3.08. The summed E-state index contributed by atoms with van der Waals surface area (Å²) in [5.74, 6) is 0.00177. The van der Waals surface area contributed by atoms with Crippen LogP contribution in [0, 0.1) is 0 Å². The molecule has 6 rings (SSSR count). The number of nitrogens with zero attached hydrogens (tertiary/aromatic N) is 2. The molecule has 3 atom stereocenters. The molecule has 2 saturated heterocycles. The van der Waals surface area contributed by atoms with Crippen LogP contribution in [0.2, 0.25) is 0 Å². The molecule has 0 aromatic heterocycles. The second-order valence-electron chi connectivity index (χ2n) is 8.60. The number of hydrogen-bond acceptors (Lipinski definition) is 3. The Morgan fingerprint density at radius 1 is 0.636 bits per heavy atom. The quantitative estimate of drug-likeness (QED) is 0.366. The third-order valence-corrected chi connectivity index (χ3v) is 6.67. The molecule has 1 spiro atoms. The van der Waals surface area contributed by atoms with Crippen molar-refractivity contribution >= 4 is 17.3 Å². The smallest absolute Gasteiger partial charge is 0.265 e. The van der Waals surface area contributed by atoms with Crippen LogP contribution >= 0.6 is 0 Å². The fraction of sp³-hybridized carbons (Fsp3) is 0.138. The van der Waals surface area contributed by atoms with Gasteiger partial charge in [-0.25, -0.2) is 5.06 Å². The normalized spacial score (nSPS) is 24.2.